The van der Waals surface area contributed by atoms with Crippen LogP contribution in [0, 0.1) is 47.8 Å². The predicted molar refractivity (Wildman–Crippen MR) is 479 cm³/mol. The van der Waals surface area contributed by atoms with E-state index in [-0.39, 0.29) is 86.0 Å². The summed E-state index contributed by atoms with van der Waals surface area (Å²) >= 11 is 1.17. The lowest BCUT2D eigenvalue weighted by molar-refractivity contribution is -0.143. The number of nitrogens with two attached hydrogens (primary N) is 2. The Hall–Kier alpha value is -11.8. The van der Waals surface area contributed by atoms with Gasteiger partial charge in [-0.05, 0) is 88.3 Å². The third-order valence-electron chi connectivity index (χ3n) is 22.4. The Kier molecular flexibility index (Phi) is 42.3. The Morgan fingerprint density at radius 1 is 0.723 bits per heavy atom. The predicted octanol–water partition coefficient (Wildman–Crippen LogP) is 1.30. The minimum atomic E-state index is -1.79. The smallest absolute Gasteiger partial charge is 0.481 e. The van der Waals surface area contributed by atoms with Crippen LogP contribution in [-0.2, 0) is 101 Å². The zero-order chi connectivity index (χ0) is 95.6. The van der Waals surface area contributed by atoms with Crippen molar-refractivity contribution in [1.82, 2.24) is 77.7 Å². The maximum absolute atomic E-state index is 14.7. The number of ether oxygens (including phenoxy) is 2. The number of H-pyrrole nitrogens is 2. The Morgan fingerprint density at radius 3 is 2.12 bits per heavy atom. The number of benzene rings is 2. The highest BCUT2D eigenvalue weighted by Gasteiger charge is 2.45. The molecule has 5 heterocycles. The topological polar surface area (TPSA) is 644 Å². The zero-order valence-corrected chi connectivity index (χ0v) is 76.3. The van der Waals surface area contributed by atoms with E-state index in [1.807, 2.05) is 31.2 Å². The highest BCUT2D eigenvalue weighted by Crippen LogP contribution is 2.33. The molecule has 2 fully saturated rings. The number of aromatic amines is 2. The molecule has 44 heteroatoms. The summed E-state index contributed by atoms with van der Waals surface area (Å²) in [7, 11) is 2.53. The number of primary amides is 1. The first-order chi connectivity index (χ1) is 61.7. The fourth-order valence-corrected chi connectivity index (χ4v) is 17.5. The maximum atomic E-state index is 14.7. The summed E-state index contributed by atoms with van der Waals surface area (Å²) in [5.41, 5.74) is 14.4. The molecular formula is C86H118N18O23S3. The summed E-state index contributed by atoms with van der Waals surface area (Å²) in [6, 6.07) is 5.86. The third kappa shape index (κ3) is 33.3. The summed E-state index contributed by atoms with van der Waals surface area (Å²) < 4.78 is 10.4. The summed E-state index contributed by atoms with van der Waals surface area (Å²) in [6.45, 7) is 9.99. The molecule has 0 bridgehead atoms. The summed E-state index contributed by atoms with van der Waals surface area (Å²) in [5, 5.41) is 64.7. The first-order valence-corrected chi connectivity index (χ1v) is 46.5. The minimum absolute atomic E-state index is 0.0749. The van der Waals surface area contributed by atoms with Crippen molar-refractivity contribution in [3.8, 4) is 0 Å². The van der Waals surface area contributed by atoms with Crippen molar-refractivity contribution in [1.29, 1.82) is 5.41 Å². The highest BCUT2D eigenvalue weighted by molar-refractivity contribution is 8.76. The molecule has 130 heavy (non-hydrogen) atoms. The van der Waals surface area contributed by atoms with E-state index in [0.717, 1.165) is 26.9 Å². The molecular weight excluding hydrogens is 1750 g/mol. The van der Waals surface area contributed by atoms with E-state index in [1.54, 1.807) is 45.0 Å². The van der Waals surface area contributed by atoms with Gasteiger partial charge in [0.2, 0.25) is 59.1 Å². The Bertz CT molecular complexity index is 4980. The summed E-state index contributed by atoms with van der Waals surface area (Å²) in [4.78, 5) is 263. The van der Waals surface area contributed by atoms with E-state index in [2.05, 4.69) is 72.8 Å². The molecule has 2 aromatic carbocycles. The molecule has 19 N–H and O–H groups in total. The number of hydrogen-bond acceptors (Lipinski definition) is 29. The summed E-state index contributed by atoms with van der Waals surface area (Å²) in [6.07, 6.45) is -5.19. The number of carbonyl (C=O) groups is 17. The fraction of sp³-hybridized carbons (Fsp3) is 0.558. The molecule has 5 aromatic rings. The zero-order valence-electron chi connectivity index (χ0n) is 73.8. The van der Waals surface area contributed by atoms with Crippen molar-refractivity contribution in [3.63, 3.8) is 0 Å². The second-order valence-electron chi connectivity index (χ2n) is 32.4. The van der Waals surface area contributed by atoms with Gasteiger partial charge in [-0.1, -0.05) is 105 Å². The molecule has 0 spiro atoms. The Labute approximate surface area is 761 Å². The van der Waals surface area contributed by atoms with Crippen molar-refractivity contribution in [3.05, 3.63) is 93.3 Å². The lowest BCUT2D eigenvalue weighted by Gasteiger charge is -2.31. The number of guanidine groups is 1. The van der Waals surface area contributed by atoms with Crippen molar-refractivity contribution in [2.75, 3.05) is 63.2 Å². The quantitative estimate of drug-likeness (QED) is 0.00497. The lowest BCUT2D eigenvalue weighted by atomic mass is 9.83. The number of para-hydroxylation sites is 1. The van der Waals surface area contributed by atoms with Gasteiger partial charge in [-0.2, -0.15) is 0 Å². The molecule has 2 aliphatic heterocycles. The average molecular weight is 1870 g/mol. The molecule has 7 rings (SSSR count). The van der Waals surface area contributed by atoms with E-state index in [9.17, 15) is 102 Å². The number of carboxylic acids is 1. The molecule has 0 radical (unpaired) electrons. The van der Waals surface area contributed by atoms with Crippen molar-refractivity contribution in [2.24, 2.45) is 47.0 Å². The number of carboxylic acid groups (broad SMARTS) is 1. The van der Waals surface area contributed by atoms with Crippen LogP contribution in [0.1, 0.15) is 165 Å². The SMILES string of the molecule is CCc1c(SC[C@H]2NC(=O)CCC(=O)[C@H](C(C)CC)NC(=O)CNC(=O)CNC(=O)[C@H]([C@H](C)[C@@H](O)COC(=O)OCCSSCCNC(=O)[C@H](C)CC(=O)[C@H](C)NC(=O)[C@H](CCCNC(=N)N)CC(=O)[C@H](C)NC(=O)CC[C@H](CC(=O)c3ccc(CCc4cnc5nc(C)[nH]c(=O)c5n4)cc3)C(=O)O)CC(=O)[C@@H]3C[C@@H](O)CN3C(=O)[C@H](CC(N)=O)NC2=O)[nH]c2ccccc12. The van der Waals surface area contributed by atoms with E-state index in [1.165, 1.54) is 67.2 Å². The largest absolute Gasteiger partial charge is 0.508 e. The first kappa shape index (κ1) is 105. The summed E-state index contributed by atoms with van der Waals surface area (Å²) in [5.74, 6) is -18.7. The van der Waals surface area contributed by atoms with Crippen molar-refractivity contribution < 1.29 is 106 Å². The third-order valence-corrected chi connectivity index (χ3v) is 25.9. The standard InChI is InChI=1S/C86H118N18O23S3/c1-9-44(3)74-63(106)24-26-71(114)100-61(43-128-82-56(10-2)57-15-11-12-16-59(57)102-82)80(120)101-60(37-69(87)112)83(122)104-41-55(105)35-62(104)67(110)36-58(79(119)94-39-72(115)92-40-73(116)103-74)46(5)68(111)42-127-86(125)126-29-31-130-129-30-28-90-77(117)45(4)32-64(107)48(7)96-78(118)52(14-13-27-91-85(88)89)33-65(108)47(6)95-70(113)25-22-53(84(123)124)34-66(109)51-20-17-50(18-21-51)19-23-54-38-93-76-75(99-54)81(121)98-49(8)97-76/h11-12,15-18,20-21,38,44-48,52-53,55,58,60-62,68,74,102,105,111H,9-10,13-14,19,22-37,39-43H2,1-8H3,(H2,87,112)(H,90,117)(H,92,115)(H,94,119)(H,95,113)(H,96,118)(H,100,114)(H,101,120)(H,103,116)(H,123,124)(H4,88,89,91)(H,93,97,98,121)/t44?,45-,46+,47+,48+,52-,53-,55-,58+,60+,61-,62+,68+,74+/m1/s1. The second-order valence-corrected chi connectivity index (χ2v) is 36.1. The number of nitrogens with one attached hydrogen (secondary N) is 12. The fourth-order valence-electron chi connectivity index (χ4n) is 14.6. The number of hydrogen-bond donors (Lipinski definition) is 17. The van der Waals surface area contributed by atoms with Gasteiger partial charge >= 0.3 is 12.1 Å². The Balaban J connectivity index is 0.855. The van der Waals surface area contributed by atoms with Gasteiger partial charge in [0.1, 0.15) is 31.1 Å². The highest BCUT2D eigenvalue weighted by atomic mass is 33.1. The van der Waals surface area contributed by atoms with Crippen LogP contribution < -0.4 is 64.9 Å². The van der Waals surface area contributed by atoms with Crippen molar-refractivity contribution in [2.45, 2.75) is 212 Å². The number of carbonyl (C=O) groups excluding carboxylic acids is 16. The number of fused-ring (bicyclic) bond motifs is 3. The van der Waals surface area contributed by atoms with Crippen LogP contribution in [0.2, 0.25) is 0 Å². The van der Waals surface area contributed by atoms with E-state index in [0.29, 0.717) is 48.0 Å². The van der Waals surface area contributed by atoms with Crippen LogP contribution in [0.15, 0.2) is 64.5 Å². The van der Waals surface area contributed by atoms with E-state index >= 15 is 0 Å². The first-order valence-electron chi connectivity index (χ1n) is 43.0. The van der Waals surface area contributed by atoms with Crippen molar-refractivity contribution >= 4 is 161 Å². The maximum Gasteiger partial charge on any atom is 0.508 e. The monoisotopic (exact) mass is 1870 g/mol. The molecule has 0 saturated carbocycles. The van der Waals surface area contributed by atoms with E-state index in [4.69, 9.17) is 26.4 Å². The molecule has 1 unspecified atom stereocenters. The van der Waals surface area contributed by atoms with Gasteiger partial charge in [0.05, 0.1) is 84.6 Å². The normalized spacial score (nSPS) is 19.4. The number of aryl methyl sites for hydroxylation is 4. The van der Waals surface area contributed by atoms with Crippen LogP contribution >= 0.6 is 33.3 Å². The Morgan fingerprint density at radius 2 is 1.42 bits per heavy atom. The number of ketones is 5. The van der Waals surface area contributed by atoms with Gasteiger partial charge in [-0.3, -0.25) is 86.9 Å². The molecule has 3 aromatic heterocycles. The number of aliphatic carboxylic acids is 1. The number of aromatic nitrogens is 5. The number of rotatable bonds is 43. The molecule has 0 aliphatic carbocycles. The van der Waals surface area contributed by atoms with Gasteiger partial charge in [0.25, 0.3) is 5.56 Å². The number of thioether (sulfide) groups is 1. The number of aliphatic hydroxyl groups excluding tert-OH is 2. The van der Waals surface area contributed by atoms with Crippen LogP contribution in [-0.4, -0.2) is 263 Å². The van der Waals surface area contributed by atoms with Crippen LogP contribution in [0.3, 0.4) is 0 Å². The van der Waals surface area contributed by atoms with Gasteiger partial charge in [-0.25, -0.2) is 19.7 Å². The van der Waals surface area contributed by atoms with Gasteiger partial charge in [0.15, 0.2) is 46.0 Å². The van der Waals surface area contributed by atoms with Crippen LogP contribution in [0.5, 0.6) is 0 Å². The molecule has 2 saturated heterocycles. The second kappa shape index (κ2) is 52.2. The number of amides is 10. The molecule has 14 atom stereocenters. The molecule has 708 valence electrons. The van der Waals surface area contributed by atoms with E-state index < -0.39 is 261 Å². The average Bonchev–Trinajstić information content (AvgIpc) is 1.61. The minimum Gasteiger partial charge on any atom is -0.481 e. The number of aliphatic hydroxyl groups is 2. The van der Waals surface area contributed by atoms with Gasteiger partial charge in [0, 0.05) is 117 Å². The van der Waals surface area contributed by atoms with Gasteiger partial charge < -0.3 is 99.0 Å². The van der Waals surface area contributed by atoms with Crippen LogP contribution in [0.25, 0.3) is 22.1 Å². The number of nitrogens with zero attached hydrogens (tertiary/aromatic N) is 4. The van der Waals surface area contributed by atoms with Crippen LogP contribution in [0.4, 0.5) is 4.79 Å². The lowest BCUT2D eigenvalue weighted by Crippen LogP contribution is -2.57. The number of Topliss-reactive ketones (excluding diaryl/α,β-unsaturated/α-hetero) is 5. The molecule has 10 amide bonds. The van der Waals surface area contributed by atoms with Gasteiger partial charge in [-0.15, -0.1) is 11.8 Å². The molecule has 41 nitrogen and oxygen atoms in total. The molecule has 2 aliphatic rings.